The quantitative estimate of drug-likeness (QED) is 0.714. The molecule has 0 spiro atoms. The van der Waals surface area contributed by atoms with Gasteiger partial charge in [0.25, 0.3) is 0 Å². The van der Waals surface area contributed by atoms with E-state index in [-0.39, 0.29) is 5.82 Å². The molecule has 0 aliphatic carbocycles. The fourth-order valence-electron chi connectivity index (χ4n) is 1.06. The molecule has 0 bridgehead atoms. The average molecular weight is 221 g/mol. The van der Waals surface area contributed by atoms with E-state index < -0.39 is 11.6 Å². The first-order valence-electron chi connectivity index (χ1n) is 4.69. The van der Waals surface area contributed by atoms with E-state index in [9.17, 15) is 9.18 Å². The minimum absolute atomic E-state index is 0.325. The van der Waals surface area contributed by atoms with E-state index in [4.69, 9.17) is 5.11 Å². The minimum Gasteiger partial charge on any atom is -0.465 e. The van der Waals surface area contributed by atoms with Gasteiger partial charge in [-0.25, -0.2) is 9.18 Å². The number of carboxylic acid groups (broad SMARTS) is 1. The number of carbonyl (C=O) groups is 1. The number of amides is 1. The maximum atomic E-state index is 12.6. The van der Waals surface area contributed by atoms with Crippen molar-refractivity contribution < 1.29 is 14.3 Å². The van der Waals surface area contributed by atoms with Crippen LogP contribution in [0.3, 0.4) is 0 Å². The summed E-state index contributed by atoms with van der Waals surface area (Å²) in [5.41, 5.74) is -0.193. The van der Waals surface area contributed by atoms with Gasteiger partial charge in [0.1, 0.15) is 5.82 Å². The van der Waals surface area contributed by atoms with Crippen molar-refractivity contribution in [3.63, 3.8) is 0 Å². The molecule has 1 rings (SSSR count). The van der Waals surface area contributed by atoms with Gasteiger partial charge < -0.3 is 10.4 Å². The molecule has 0 fully saturated rings. The van der Waals surface area contributed by atoms with Crippen LogP contribution >= 0.6 is 0 Å². The summed E-state index contributed by atoms with van der Waals surface area (Å²) < 4.78 is 12.6. The van der Waals surface area contributed by atoms with Crippen LogP contribution in [0.5, 0.6) is 0 Å². The van der Waals surface area contributed by atoms with Gasteiger partial charge >= 0.3 is 6.09 Å². The Morgan fingerprint density at radius 2 is 1.94 bits per heavy atom. The van der Waals surface area contributed by atoms with Crippen molar-refractivity contribution in [2.75, 3.05) is 0 Å². The lowest BCUT2D eigenvalue weighted by atomic mass is 10.1. The van der Waals surface area contributed by atoms with Crippen LogP contribution in [0.25, 0.3) is 0 Å². The van der Waals surface area contributed by atoms with Gasteiger partial charge in [0, 0.05) is 5.56 Å². The molecular formula is C12H12FNO2. The summed E-state index contributed by atoms with van der Waals surface area (Å²) in [5, 5.41) is 10.8. The predicted octanol–water partition coefficient (Wildman–Crippen LogP) is 2.22. The highest BCUT2D eigenvalue weighted by Crippen LogP contribution is 2.03. The molecule has 0 radical (unpaired) electrons. The molecule has 0 aliphatic rings. The van der Waals surface area contributed by atoms with Gasteiger partial charge in [0.05, 0.1) is 5.54 Å². The molecule has 16 heavy (non-hydrogen) atoms. The van der Waals surface area contributed by atoms with Crippen molar-refractivity contribution in [2.24, 2.45) is 0 Å². The molecule has 0 heterocycles. The van der Waals surface area contributed by atoms with Gasteiger partial charge in [-0.2, -0.15) is 0 Å². The van der Waals surface area contributed by atoms with Gasteiger partial charge in [0.15, 0.2) is 0 Å². The number of hydrogen-bond donors (Lipinski definition) is 2. The minimum atomic E-state index is -1.13. The van der Waals surface area contributed by atoms with E-state index in [0.717, 1.165) is 0 Å². The highest BCUT2D eigenvalue weighted by Gasteiger charge is 2.15. The summed E-state index contributed by atoms with van der Waals surface area (Å²) >= 11 is 0. The van der Waals surface area contributed by atoms with Crippen molar-refractivity contribution in [1.29, 1.82) is 0 Å². The zero-order chi connectivity index (χ0) is 12.2. The fourth-order valence-corrected chi connectivity index (χ4v) is 1.06. The van der Waals surface area contributed by atoms with Gasteiger partial charge in [0.2, 0.25) is 0 Å². The van der Waals surface area contributed by atoms with Gasteiger partial charge in [-0.1, -0.05) is 11.8 Å². The summed E-state index contributed by atoms with van der Waals surface area (Å²) in [7, 11) is 0. The monoisotopic (exact) mass is 221 g/mol. The van der Waals surface area contributed by atoms with E-state index in [1.54, 1.807) is 26.0 Å². The molecule has 0 atom stereocenters. The molecule has 0 saturated carbocycles. The number of halogens is 1. The molecule has 1 amide bonds. The Morgan fingerprint density at radius 3 is 2.44 bits per heavy atom. The number of hydrogen-bond acceptors (Lipinski definition) is 1. The highest BCUT2D eigenvalue weighted by atomic mass is 19.1. The molecule has 0 aliphatic heterocycles. The Hall–Kier alpha value is -2.02. The molecular weight excluding hydrogens is 209 g/mol. The van der Waals surface area contributed by atoms with Crippen LogP contribution in [0, 0.1) is 17.7 Å². The molecule has 2 N–H and O–H groups in total. The number of nitrogens with one attached hydrogen (secondary N) is 1. The van der Waals surface area contributed by atoms with Crippen molar-refractivity contribution in [3.8, 4) is 11.8 Å². The van der Waals surface area contributed by atoms with Crippen molar-refractivity contribution in [1.82, 2.24) is 5.32 Å². The third-order valence-electron chi connectivity index (χ3n) is 1.78. The van der Waals surface area contributed by atoms with E-state index in [1.165, 1.54) is 12.1 Å². The van der Waals surface area contributed by atoms with E-state index in [2.05, 4.69) is 17.2 Å². The molecule has 0 saturated heterocycles. The van der Waals surface area contributed by atoms with Gasteiger partial charge in [-0.3, -0.25) is 0 Å². The van der Waals surface area contributed by atoms with Crippen LogP contribution in [0.15, 0.2) is 24.3 Å². The van der Waals surface area contributed by atoms with E-state index in [0.29, 0.717) is 5.56 Å². The van der Waals surface area contributed by atoms with E-state index >= 15 is 0 Å². The summed E-state index contributed by atoms with van der Waals surface area (Å²) in [5.74, 6) is 5.21. The second-order valence-corrected chi connectivity index (χ2v) is 3.81. The molecule has 84 valence electrons. The zero-order valence-electron chi connectivity index (χ0n) is 9.04. The average Bonchev–Trinajstić information content (AvgIpc) is 2.15. The summed E-state index contributed by atoms with van der Waals surface area (Å²) in [6.07, 6.45) is -1.13. The first-order chi connectivity index (χ1) is 7.39. The third-order valence-corrected chi connectivity index (χ3v) is 1.78. The number of benzene rings is 1. The first kappa shape index (κ1) is 12.1. The first-order valence-corrected chi connectivity index (χ1v) is 4.69. The Balaban J connectivity index is 2.80. The highest BCUT2D eigenvalue weighted by molar-refractivity contribution is 5.66. The third kappa shape index (κ3) is 4.01. The lowest BCUT2D eigenvalue weighted by Gasteiger charge is -2.16. The Bertz CT molecular complexity index is 440. The van der Waals surface area contributed by atoms with E-state index in [1.807, 2.05) is 0 Å². The Morgan fingerprint density at radius 1 is 1.38 bits per heavy atom. The van der Waals surface area contributed by atoms with Gasteiger partial charge in [-0.05, 0) is 38.1 Å². The molecule has 1 aromatic rings. The van der Waals surface area contributed by atoms with Crippen LogP contribution in [-0.4, -0.2) is 16.7 Å². The normalized spacial score (nSPS) is 10.2. The van der Waals surface area contributed by atoms with Crippen molar-refractivity contribution in [3.05, 3.63) is 35.6 Å². The Kier molecular flexibility index (Phi) is 3.51. The maximum absolute atomic E-state index is 12.6. The largest absolute Gasteiger partial charge is 0.465 e. The fraction of sp³-hybridized carbons (Fsp3) is 0.250. The SMILES string of the molecule is CC(C)(C#Cc1ccc(F)cc1)NC(=O)O. The summed E-state index contributed by atoms with van der Waals surface area (Å²) in [6.45, 7) is 3.30. The second-order valence-electron chi connectivity index (χ2n) is 3.81. The molecule has 4 heteroatoms. The molecule has 0 unspecified atom stereocenters. The van der Waals surface area contributed by atoms with Crippen LogP contribution in [0.1, 0.15) is 19.4 Å². The van der Waals surface area contributed by atoms with Crippen molar-refractivity contribution >= 4 is 6.09 Å². The van der Waals surface area contributed by atoms with Crippen LogP contribution in [0.2, 0.25) is 0 Å². The topological polar surface area (TPSA) is 49.3 Å². The van der Waals surface area contributed by atoms with Crippen molar-refractivity contribution in [2.45, 2.75) is 19.4 Å². The zero-order valence-corrected chi connectivity index (χ0v) is 9.04. The van der Waals surface area contributed by atoms with Crippen LogP contribution < -0.4 is 5.32 Å². The predicted molar refractivity (Wildman–Crippen MR) is 58.5 cm³/mol. The van der Waals surface area contributed by atoms with Crippen LogP contribution in [-0.2, 0) is 0 Å². The van der Waals surface area contributed by atoms with Crippen LogP contribution in [0.4, 0.5) is 9.18 Å². The smallest absolute Gasteiger partial charge is 0.405 e. The summed E-state index contributed by atoms with van der Waals surface area (Å²) in [4.78, 5) is 10.4. The van der Waals surface area contributed by atoms with Gasteiger partial charge in [-0.15, -0.1) is 0 Å². The Labute approximate surface area is 93.3 Å². The molecule has 3 nitrogen and oxygen atoms in total. The second kappa shape index (κ2) is 4.67. The molecule has 1 aromatic carbocycles. The summed E-state index contributed by atoms with van der Waals surface area (Å²) in [6, 6.07) is 5.70. The number of rotatable bonds is 1. The lowest BCUT2D eigenvalue weighted by Crippen LogP contribution is -2.41. The molecule has 0 aromatic heterocycles. The lowest BCUT2D eigenvalue weighted by molar-refractivity contribution is 0.188. The maximum Gasteiger partial charge on any atom is 0.405 e. The standard InChI is InChI=1S/C12H12FNO2/c1-12(2,14-11(15)16)8-7-9-3-5-10(13)6-4-9/h3-6,14H,1-2H3,(H,15,16).